The van der Waals surface area contributed by atoms with E-state index in [0.717, 1.165) is 0 Å². The number of nitrogens with two attached hydrogens (primary N) is 1. The van der Waals surface area contributed by atoms with Gasteiger partial charge in [0.05, 0.1) is 6.10 Å². The maximum Gasteiger partial charge on any atom is 0.161 e. The van der Waals surface area contributed by atoms with E-state index in [1.807, 2.05) is 4.90 Å². The zero-order valence-electron chi connectivity index (χ0n) is 9.39. The number of aliphatic hydroxyl groups excluding tert-OH is 2. The molecule has 3 aliphatic rings. The summed E-state index contributed by atoms with van der Waals surface area (Å²) in [6.07, 6.45) is -0.897. The first-order valence-electron chi connectivity index (χ1n) is 5.84. The van der Waals surface area contributed by atoms with Crippen LogP contribution in [0.3, 0.4) is 0 Å². The van der Waals surface area contributed by atoms with Gasteiger partial charge < -0.3 is 30.9 Å². The molecule has 0 aromatic carbocycles. The minimum atomic E-state index is -0.840. The summed E-state index contributed by atoms with van der Waals surface area (Å²) < 4.78 is 5.62. The Morgan fingerprint density at radius 1 is 1.44 bits per heavy atom. The van der Waals surface area contributed by atoms with Crippen LogP contribution in [-0.4, -0.2) is 50.9 Å². The van der Waals surface area contributed by atoms with Gasteiger partial charge >= 0.3 is 0 Å². The maximum atomic E-state index is 10.2. The van der Waals surface area contributed by atoms with Gasteiger partial charge in [0.2, 0.25) is 0 Å². The van der Waals surface area contributed by atoms with Crippen molar-refractivity contribution in [2.75, 3.05) is 16.0 Å². The maximum absolute atomic E-state index is 10.2. The highest BCUT2D eigenvalue weighted by Gasteiger charge is 2.55. The van der Waals surface area contributed by atoms with E-state index < -0.39 is 18.3 Å². The number of rotatable bonds is 0. The van der Waals surface area contributed by atoms with Gasteiger partial charge in [-0.25, -0.2) is 9.97 Å². The molecular weight excluding hydrogens is 238 g/mol. The molecule has 4 heterocycles. The molecule has 5 N–H and O–H groups in total. The van der Waals surface area contributed by atoms with E-state index in [4.69, 9.17) is 10.5 Å². The van der Waals surface area contributed by atoms with Crippen molar-refractivity contribution in [2.24, 2.45) is 0 Å². The molecule has 4 rings (SSSR count). The summed E-state index contributed by atoms with van der Waals surface area (Å²) in [7, 11) is 0. The second kappa shape index (κ2) is 3.22. The van der Waals surface area contributed by atoms with Crippen molar-refractivity contribution in [3.63, 3.8) is 0 Å². The fourth-order valence-electron chi connectivity index (χ4n) is 2.97. The van der Waals surface area contributed by atoms with Crippen LogP contribution in [0.2, 0.25) is 0 Å². The Morgan fingerprint density at radius 3 is 3.11 bits per heavy atom. The van der Waals surface area contributed by atoms with E-state index in [2.05, 4.69) is 15.3 Å². The highest BCUT2D eigenvalue weighted by atomic mass is 16.6. The standard InChI is InChI=1S/C10H13N5O3/c11-8-5-9(13-2-12-8)15-4-1-3(16)7(18-4)6(17)10(15)14-5/h2-4,6-7,10,14,16-17H,1H2,(H2,11,12,13)/t3-,4+,6?,7-,10?/m0/s1. The van der Waals surface area contributed by atoms with E-state index in [1.54, 1.807) is 0 Å². The fourth-order valence-corrected chi connectivity index (χ4v) is 2.97. The molecular formula is C10H13N5O3. The third kappa shape index (κ3) is 1.10. The predicted octanol–water partition coefficient (Wildman–Crippen LogP) is -1.53. The molecule has 2 fully saturated rings. The lowest BCUT2D eigenvalue weighted by molar-refractivity contribution is -0.1000. The summed E-state index contributed by atoms with van der Waals surface area (Å²) in [6, 6.07) is 0. The third-order valence-corrected chi connectivity index (χ3v) is 3.80. The SMILES string of the molecule is Nc1ncnc2c1NC1C(O)[C@H]3O[C@H](C[C@@H]3O)N21. The Morgan fingerprint density at radius 2 is 2.28 bits per heavy atom. The Labute approximate surface area is 102 Å². The summed E-state index contributed by atoms with van der Waals surface area (Å²) in [5.74, 6) is 0.960. The van der Waals surface area contributed by atoms with E-state index in [1.165, 1.54) is 6.33 Å². The summed E-state index contributed by atoms with van der Waals surface area (Å²) in [4.78, 5) is 9.92. The molecule has 1 aromatic heterocycles. The van der Waals surface area contributed by atoms with Gasteiger partial charge in [-0.05, 0) is 0 Å². The predicted molar refractivity (Wildman–Crippen MR) is 61.6 cm³/mol. The number of hydrogen-bond donors (Lipinski definition) is 4. The second-order valence-electron chi connectivity index (χ2n) is 4.80. The van der Waals surface area contributed by atoms with Crippen LogP contribution in [0.4, 0.5) is 17.3 Å². The van der Waals surface area contributed by atoms with Crippen molar-refractivity contribution < 1.29 is 14.9 Å². The minimum Gasteiger partial charge on any atom is -0.390 e. The summed E-state index contributed by atoms with van der Waals surface area (Å²) in [5, 5.41) is 23.2. The van der Waals surface area contributed by atoms with Gasteiger partial charge in [0.25, 0.3) is 0 Å². The summed E-state index contributed by atoms with van der Waals surface area (Å²) >= 11 is 0. The normalized spacial score (nSPS) is 40.3. The van der Waals surface area contributed by atoms with Crippen LogP contribution in [-0.2, 0) is 4.74 Å². The number of aromatic nitrogens is 2. The molecule has 1 aromatic rings. The number of nitrogens with one attached hydrogen (secondary N) is 1. The second-order valence-corrected chi connectivity index (χ2v) is 4.80. The molecule has 0 spiro atoms. The first-order chi connectivity index (χ1) is 8.66. The van der Waals surface area contributed by atoms with Crippen LogP contribution in [0, 0.1) is 0 Å². The monoisotopic (exact) mass is 251 g/mol. The average molecular weight is 251 g/mol. The van der Waals surface area contributed by atoms with Crippen molar-refractivity contribution in [2.45, 2.75) is 37.1 Å². The van der Waals surface area contributed by atoms with Gasteiger partial charge in [0.15, 0.2) is 11.6 Å². The number of ether oxygens (including phenoxy) is 1. The first kappa shape index (κ1) is 10.3. The number of fused-ring (bicyclic) bond motifs is 6. The molecule has 18 heavy (non-hydrogen) atoms. The van der Waals surface area contributed by atoms with E-state index in [-0.39, 0.29) is 12.4 Å². The molecule has 3 aliphatic heterocycles. The largest absolute Gasteiger partial charge is 0.390 e. The number of hydrogen-bond acceptors (Lipinski definition) is 8. The molecule has 0 aliphatic carbocycles. The van der Waals surface area contributed by atoms with Gasteiger partial charge in [0.1, 0.15) is 36.6 Å². The van der Waals surface area contributed by atoms with E-state index in [0.29, 0.717) is 23.7 Å². The molecule has 0 saturated carbocycles. The molecule has 2 saturated heterocycles. The summed E-state index contributed by atoms with van der Waals surface area (Å²) in [6.45, 7) is 0. The van der Waals surface area contributed by atoms with Gasteiger partial charge in [0, 0.05) is 6.42 Å². The number of aliphatic hydroxyl groups is 2. The van der Waals surface area contributed by atoms with Crippen molar-refractivity contribution in [3.05, 3.63) is 6.33 Å². The fraction of sp³-hybridized carbons (Fsp3) is 0.600. The van der Waals surface area contributed by atoms with Gasteiger partial charge in [-0.3, -0.25) is 0 Å². The smallest absolute Gasteiger partial charge is 0.161 e. The van der Waals surface area contributed by atoms with Gasteiger partial charge in [-0.15, -0.1) is 0 Å². The first-order valence-corrected chi connectivity index (χ1v) is 5.84. The van der Waals surface area contributed by atoms with E-state index in [9.17, 15) is 10.2 Å². The van der Waals surface area contributed by atoms with Crippen LogP contribution in [0.25, 0.3) is 0 Å². The Bertz CT molecular complexity index is 512. The van der Waals surface area contributed by atoms with E-state index >= 15 is 0 Å². The van der Waals surface area contributed by atoms with Crippen LogP contribution in [0.15, 0.2) is 6.33 Å². The molecule has 0 amide bonds. The van der Waals surface area contributed by atoms with Gasteiger partial charge in [-0.2, -0.15) is 0 Å². The highest BCUT2D eigenvalue weighted by Crippen LogP contribution is 2.45. The van der Waals surface area contributed by atoms with Crippen molar-refractivity contribution in [1.82, 2.24) is 9.97 Å². The zero-order chi connectivity index (χ0) is 12.4. The molecule has 8 heteroatoms. The Kier molecular flexibility index (Phi) is 1.84. The number of anilines is 3. The molecule has 2 bridgehead atoms. The molecule has 2 unspecified atom stereocenters. The molecule has 0 radical (unpaired) electrons. The lowest BCUT2D eigenvalue weighted by atomic mass is 10.1. The van der Waals surface area contributed by atoms with Crippen LogP contribution in [0.5, 0.6) is 0 Å². The number of nitrogen functional groups attached to an aromatic ring is 1. The van der Waals surface area contributed by atoms with Crippen LogP contribution < -0.4 is 16.0 Å². The molecule has 96 valence electrons. The molecule has 8 nitrogen and oxygen atoms in total. The lowest BCUT2D eigenvalue weighted by Gasteiger charge is -2.39. The van der Waals surface area contributed by atoms with Crippen LogP contribution in [0.1, 0.15) is 6.42 Å². The van der Waals surface area contributed by atoms with Crippen LogP contribution >= 0.6 is 0 Å². The Balaban J connectivity index is 1.82. The summed E-state index contributed by atoms with van der Waals surface area (Å²) in [5.41, 5.74) is 6.40. The zero-order valence-corrected chi connectivity index (χ0v) is 9.39. The topological polar surface area (TPSA) is 117 Å². The minimum absolute atomic E-state index is 0.290. The molecule has 5 atom stereocenters. The average Bonchev–Trinajstić information content (AvgIpc) is 2.88. The van der Waals surface area contributed by atoms with Crippen molar-refractivity contribution in [1.29, 1.82) is 0 Å². The third-order valence-electron chi connectivity index (χ3n) is 3.80. The quantitative estimate of drug-likeness (QED) is 0.438. The van der Waals surface area contributed by atoms with Crippen molar-refractivity contribution >= 4 is 17.3 Å². The lowest BCUT2D eigenvalue weighted by Crippen LogP contribution is -2.58. The van der Waals surface area contributed by atoms with Crippen molar-refractivity contribution in [3.8, 4) is 0 Å². The highest BCUT2D eigenvalue weighted by molar-refractivity contribution is 5.81. The van der Waals surface area contributed by atoms with Gasteiger partial charge in [-0.1, -0.05) is 0 Å². The number of nitrogens with zero attached hydrogens (tertiary/aromatic N) is 3. The Hall–Kier alpha value is -1.64.